The molecule has 3 nitrogen and oxygen atoms in total. The third kappa shape index (κ3) is 2.45. The standard InChI is InChI=1S/C14H21BN2O/c1-3-8-15(2)12-4-9-17(10-5-12)13(18)14(11-16)6-7-14/h4H,3,5-10H2,1-2H3. The lowest BCUT2D eigenvalue weighted by Crippen LogP contribution is -2.40. The molecule has 1 heterocycles. The first-order valence-electron chi connectivity index (χ1n) is 7.02. The zero-order chi connectivity index (χ0) is 13.2. The SMILES string of the molecule is CCCB(C)C1=CCN(C(=O)C2(C#N)CC2)CC1. The average molecular weight is 244 g/mol. The summed E-state index contributed by atoms with van der Waals surface area (Å²) in [6.07, 6.45) is 7.12. The maximum Gasteiger partial charge on any atom is 0.243 e. The van der Waals surface area contributed by atoms with Gasteiger partial charge in [-0.25, -0.2) is 0 Å². The lowest BCUT2D eigenvalue weighted by Gasteiger charge is -2.29. The van der Waals surface area contributed by atoms with Gasteiger partial charge in [-0.05, 0) is 19.3 Å². The van der Waals surface area contributed by atoms with Gasteiger partial charge in [-0.3, -0.25) is 4.79 Å². The van der Waals surface area contributed by atoms with Gasteiger partial charge < -0.3 is 4.90 Å². The molecule has 0 radical (unpaired) electrons. The summed E-state index contributed by atoms with van der Waals surface area (Å²) in [6.45, 7) is 6.61. The van der Waals surface area contributed by atoms with Crippen molar-refractivity contribution in [2.75, 3.05) is 13.1 Å². The molecule has 1 amide bonds. The summed E-state index contributed by atoms with van der Waals surface area (Å²) < 4.78 is 0. The smallest absolute Gasteiger partial charge is 0.243 e. The first-order valence-corrected chi connectivity index (χ1v) is 7.02. The normalized spacial score (nSPS) is 20.9. The summed E-state index contributed by atoms with van der Waals surface area (Å²) in [5, 5.41) is 9.05. The van der Waals surface area contributed by atoms with Crippen molar-refractivity contribution in [1.82, 2.24) is 4.90 Å². The molecule has 1 aliphatic carbocycles. The zero-order valence-electron chi connectivity index (χ0n) is 11.4. The number of hydrogen-bond donors (Lipinski definition) is 0. The van der Waals surface area contributed by atoms with E-state index >= 15 is 0 Å². The van der Waals surface area contributed by atoms with E-state index in [9.17, 15) is 4.79 Å². The van der Waals surface area contributed by atoms with Crippen LogP contribution in [0.3, 0.4) is 0 Å². The van der Waals surface area contributed by atoms with Crippen LogP contribution in [0.2, 0.25) is 13.1 Å². The van der Waals surface area contributed by atoms with Crippen molar-refractivity contribution in [1.29, 1.82) is 5.26 Å². The van der Waals surface area contributed by atoms with E-state index in [0.29, 0.717) is 13.3 Å². The van der Waals surface area contributed by atoms with Crippen LogP contribution >= 0.6 is 0 Å². The quantitative estimate of drug-likeness (QED) is 0.713. The Bertz CT molecular complexity index is 407. The van der Waals surface area contributed by atoms with E-state index < -0.39 is 5.41 Å². The Balaban J connectivity index is 1.94. The van der Waals surface area contributed by atoms with Gasteiger partial charge in [-0.15, -0.1) is 5.47 Å². The fourth-order valence-electron chi connectivity index (χ4n) is 2.74. The van der Waals surface area contributed by atoms with Crippen molar-refractivity contribution in [2.45, 2.75) is 45.8 Å². The van der Waals surface area contributed by atoms with Gasteiger partial charge in [-0.1, -0.05) is 32.6 Å². The second-order valence-electron chi connectivity index (χ2n) is 5.66. The largest absolute Gasteiger partial charge is 0.337 e. The zero-order valence-corrected chi connectivity index (χ0v) is 11.4. The molecule has 0 atom stereocenters. The molecular formula is C14H21BN2O. The number of hydrogen-bond acceptors (Lipinski definition) is 2. The molecule has 0 N–H and O–H groups in total. The Labute approximate surface area is 110 Å². The fraction of sp³-hybridized carbons (Fsp3) is 0.714. The number of carbonyl (C=O) groups excluding carboxylic acids is 1. The summed E-state index contributed by atoms with van der Waals surface area (Å²) in [4.78, 5) is 14.0. The molecule has 0 unspecified atom stereocenters. The predicted octanol–water partition coefficient (Wildman–Crippen LogP) is 2.52. The topological polar surface area (TPSA) is 44.1 Å². The molecule has 2 aliphatic rings. The van der Waals surface area contributed by atoms with Gasteiger partial charge in [0, 0.05) is 13.1 Å². The second-order valence-corrected chi connectivity index (χ2v) is 5.66. The van der Waals surface area contributed by atoms with Gasteiger partial charge in [0.1, 0.15) is 5.41 Å². The first-order chi connectivity index (χ1) is 8.63. The van der Waals surface area contributed by atoms with E-state index in [0.717, 1.165) is 25.8 Å². The van der Waals surface area contributed by atoms with Crippen molar-refractivity contribution in [3.05, 3.63) is 11.5 Å². The third-order valence-electron chi connectivity index (χ3n) is 4.26. The predicted molar refractivity (Wildman–Crippen MR) is 73.3 cm³/mol. The van der Waals surface area contributed by atoms with Crippen LogP contribution in [-0.2, 0) is 4.79 Å². The van der Waals surface area contributed by atoms with Crippen LogP contribution in [0.25, 0.3) is 0 Å². The van der Waals surface area contributed by atoms with E-state index in [1.165, 1.54) is 18.2 Å². The van der Waals surface area contributed by atoms with E-state index in [-0.39, 0.29) is 5.91 Å². The summed E-state index contributed by atoms with van der Waals surface area (Å²) in [5.74, 6) is 0.0587. The Kier molecular flexibility index (Phi) is 3.80. The highest BCUT2D eigenvalue weighted by molar-refractivity contribution is 6.65. The molecule has 0 spiro atoms. The van der Waals surface area contributed by atoms with Crippen molar-refractivity contribution >= 4 is 12.6 Å². The van der Waals surface area contributed by atoms with Crippen LogP contribution in [0, 0.1) is 16.7 Å². The van der Waals surface area contributed by atoms with Crippen LogP contribution in [0.15, 0.2) is 11.5 Å². The lowest BCUT2D eigenvalue weighted by molar-refractivity contribution is -0.134. The minimum Gasteiger partial charge on any atom is -0.337 e. The van der Waals surface area contributed by atoms with Crippen LogP contribution in [-0.4, -0.2) is 30.6 Å². The first kappa shape index (κ1) is 13.2. The molecule has 2 rings (SSSR count). The highest BCUT2D eigenvalue weighted by atomic mass is 16.2. The molecule has 18 heavy (non-hydrogen) atoms. The number of nitriles is 1. The molecule has 0 aromatic rings. The van der Waals surface area contributed by atoms with Gasteiger partial charge in [0.05, 0.1) is 6.07 Å². The van der Waals surface area contributed by atoms with Crippen molar-refractivity contribution < 1.29 is 4.79 Å². The van der Waals surface area contributed by atoms with Crippen molar-refractivity contribution in [3.8, 4) is 6.07 Å². The Morgan fingerprint density at radius 2 is 2.33 bits per heavy atom. The van der Waals surface area contributed by atoms with Gasteiger partial charge in [0.2, 0.25) is 5.91 Å². The summed E-state index contributed by atoms with van der Waals surface area (Å²) >= 11 is 0. The molecule has 0 aromatic carbocycles. The van der Waals surface area contributed by atoms with Gasteiger partial charge in [0.15, 0.2) is 6.71 Å². The number of rotatable bonds is 4. The van der Waals surface area contributed by atoms with E-state index in [1.54, 1.807) is 0 Å². The van der Waals surface area contributed by atoms with E-state index in [4.69, 9.17) is 5.26 Å². The Morgan fingerprint density at radius 1 is 1.61 bits per heavy atom. The van der Waals surface area contributed by atoms with Crippen LogP contribution in [0.5, 0.6) is 0 Å². The highest BCUT2D eigenvalue weighted by Crippen LogP contribution is 2.46. The highest BCUT2D eigenvalue weighted by Gasteiger charge is 2.52. The summed E-state index contributed by atoms with van der Waals surface area (Å²) in [6, 6.07) is 2.19. The fourth-order valence-corrected chi connectivity index (χ4v) is 2.74. The number of nitrogens with zero attached hydrogens (tertiary/aromatic N) is 2. The van der Waals surface area contributed by atoms with Crippen molar-refractivity contribution in [3.63, 3.8) is 0 Å². The lowest BCUT2D eigenvalue weighted by atomic mass is 9.42. The number of carbonyl (C=O) groups is 1. The minimum absolute atomic E-state index is 0.0587. The van der Waals surface area contributed by atoms with Gasteiger partial charge >= 0.3 is 0 Å². The van der Waals surface area contributed by atoms with E-state index in [1.807, 2.05) is 4.90 Å². The molecule has 1 saturated carbocycles. The molecule has 0 bridgehead atoms. The molecule has 1 fully saturated rings. The second kappa shape index (κ2) is 5.18. The van der Waals surface area contributed by atoms with Gasteiger partial charge in [-0.2, -0.15) is 5.26 Å². The Morgan fingerprint density at radius 3 is 2.78 bits per heavy atom. The molecule has 96 valence electrons. The monoisotopic (exact) mass is 244 g/mol. The molecule has 1 aliphatic heterocycles. The summed E-state index contributed by atoms with van der Waals surface area (Å²) in [7, 11) is 0. The van der Waals surface area contributed by atoms with Crippen LogP contribution < -0.4 is 0 Å². The van der Waals surface area contributed by atoms with Crippen LogP contribution in [0.4, 0.5) is 0 Å². The van der Waals surface area contributed by atoms with Crippen LogP contribution in [0.1, 0.15) is 32.6 Å². The molecule has 0 saturated heterocycles. The van der Waals surface area contributed by atoms with E-state index in [2.05, 4.69) is 25.9 Å². The molecule has 0 aromatic heterocycles. The maximum absolute atomic E-state index is 12.2. The van der Waals surface area contributed by atoms with Gasteiger partial charge in [0.25, 0.3) is 0 Å². The molecule has 4 heteroatoms. The summed E-state index contributed by atoms with van der Waals surface area (Å²) in [5.41, 5.74) is 0.836. The van der Waals surface area contributed by atoms with Crippen molar-refractivity contribution in [2.24, 2.45) is 5.41 Å². The minimum atomic E-state index is -0.652. The number of amides is 1. The average Bonchev–Trinajstić information content (AvgIpc) is 3.19. The third-order valence-corrected chi connectivity index (χ3v) is 4.26. The maximum atomic E-state index is 12.2. The Hall–Kier alpha value is -1.24. The molecular weight excluding hydrogens is 223 g/mol.